The normalized spacial score (nSPS) is 46.1. The lowest BCUT2D eigenvalue weighted by Crippen LogP contribution is -2.63. The monoisotopic (exact) mass is 393 g/mol. The molecule has 2 saturated heterocycles. The van der Waals surface area contributed by atoms with Crippen LogP contribution in [0.15, 0.2) is 0 Å². The largest absolute Gasteiger partial charge is 0.394 e. The van der Waals surface area contributed by atoms with E-state index >= 15 is 0 Å². The molecule has 0 aromatic heterocycles. The molecule has 27 heavy (non-hydrogen) atoms. The Morgan fingerprint density at radius 1 is 0.852 bits per heavy atom. The first kappa shape index (κ1) is 22.4. The topological polar surface area (TPSA) is 193 Å². The van der Waals surface area contributed by atoms with E-state index < -0.39 is 79.9 Å². The zero-order valence-electron chi connectivity index (χ0n) is 15.0. The summed E-state index contributed by atoms with van der Waals surface area (Å²) in [5.74, 6) is 0. The molecule has 0 aliphatic carbocycles. The maximum absolute atomic E-state index is 10.1. The lowest BCUT2D eigenvalue weighted by atomic mass is 9.80. The zero-order valence-corrected chi connectivity index (χ0v) is 15.0. The summed E-state index contributed by atoms with van der Waals surface area (Å²) in [6, 6.07) is 1.96. The van der Waals surface area contributed by atoms with Crippen LogP contribution in [0.1, 0.15) is 13.8 Å². The maximum Gasteiger partial charge on any atom is 0.186 e. The quantitative estimate of drug-likeness (QED) is 0.242. The number of rotatable bonds is 5. The molecule has 10 unspecified atom stereocenters. The summed E-state index contributed by atoms with van der Waals surface area (Å²) in [7, 11) is 0. The van der Waals surface area contributed by atoms with E-state index in [4.69, 9.17) is 19.3 Å². The Morgan fingerprint density at radius 3 is 1.96 bits per heavy atom. The molecule has 0 aromatic carbocycles. The van der Waals surface area contributed by atoms with Crippen LogP contribution in [0.5, 0.6) is 0 Å². The Labute approximate surface area is 155 Å². The molecule has 7 N–H and O–H groups in total. The van der Waals surface area contributed by atoms with E-state index in [2.05, 4.69) is 0 Å². The van der Waals surface area contributed by atoms with Crippen molar-refractivity contribution in [1.82, 2.24) is 0 Å². The molecule has 0 amide bonds. The molecule has 2 rings (SSSR count). The van der Waals surface area contributed by atoms with Crippen LogP contribution < -0.4 is 0 Å². The summed E-state index contributed by atoms with van der Waals surface area (Å²) in [6.07, 6.45) is -14.3. The average Bonchev–Trinajstić information content (AvgIpc) is 2.64. The highest BCUT2D eigenvalue weighted by Gasteiger charge is 2.50. The molecule has 2 aliphatic heterocycles. The third kappa shape index (κ3) is 4.41. The Bertz CT molecular complexity index is 538. The number of nitrogens with zero attached hydrogens (tertiary/aromatic N) is 1. The van der Waals surface area contributed by atoms with E-state index in [-0.39, 0.29) is 0 Å². The second-order valence-electron chi connectivity index (χ2n) is 7.43. The van der Waals surface area contributed by atoms with Gasteiger partial charge < -0.3 is 50.0 Å². The van der Waals surface area contributed by atoms with Crippen molar-refractivity contribution in [3.8, 4) is 6.07 Å². The van der Waals surface area contributed by atoms with E-state index in [0.29, 0.717) is 0 Å². The molecule has 0 bridgehead atoms. The second-order valence-corrected chi connectivity index (χ2v) is 7.43. The van der Waals surface area contributed by atoms with E-state index in [0.717, 1.165) is 0 Å². The molecule has 2 heterocycles. The number of ether oxygens (including phenoxy) is 3. The molecule has 0 spiro atoms. The van der Waals surface area contributed by atoms with Crippen molar-refractivity contribution in [1.29, 1.82) is 5.26 Å². The van der Waals surface area contributed by atoms with E-state index in [1.165, 1.54) is 13.8 Å². The van der Waals surface area contributed by atoms with Crippen LogP contribution in [0.3, 0.4) is 0 Å². The van der Waals surface area contributed by atoms with Gasteiger partial charge in [0.1, 0.15) is 54.9 Å². The van der Waals surface area contributed by atoms with Crippen LogP contribution in [0.2, 0.25) is 0 Å². The standard InChI is InChI=1S/C16H27NO10/c1-16(2,5-17)14-12(23)10(21)9(20)7(26-14)4-25-15-13(24)11(22)8(19)6(3-18)27-15/h6-15,18-24H,3-4H2,1-2H3. The van der Waals surface area contributed by atoms with E-state index in [1.54, 1.807) is 0 Å². The summed E-state index contributed by atoms with van der Waals surface area (Å²) in [4.78, 5) is 0. The minimum absolute atomic E-state index is 0.425. The minimum Gasteiger partial charge on any atom is -0.394 e. The zero-order chi connectivity index (χ0) is 20.5. The van der Waals surface area contributed by atoms with Gasteiger partial charge in [-0.3, -0.25) is 0 Å². The van der Waals surface area contributed by atoms with Gasteiger partial charge in [0.05, 0.1) is 24.7 Å². The van der Waals surface area contributed by atoms with Gasteiger partial charge in [-0.2, -0.15) is 5.26 Å². The first-order chi connectivity index (χ1) is 12.5. The van der Waals surface area contributed by atoms with E-state index in [9.17, 15) is 35.9 Å². The van der Waals surface area contributed by atoms with Gasteiger partial charge in [-0.15, -0.1) is 0 Å². The highest BCUT2D eigenvalue weighted by Crippen LogP contribution is 2.33. The lowest BCUT2D eigenvalue weighted by molar-refractivity contribution is -0.316. The van der Waals surface area contributed by atoms with Gasteiger partial charge in [0.2, 0.25) is 0 Å². The molecular weight excluding hydrogens is 366 g/mol. The van der Waals surface area contributed by atoms with Gasteiger partial charge in [-0.05, 0) is 13.8 Å². The first-order valence-electron chi connectivity index (χ1n) is 8.58. The van der Waals surface area contributed by atoms with Gasteiger partial charge >= 0.3 is 0 Å². The minimum atomic E-state index is -1.63. The summed E-state index contributed by atoms with van der Waals surface area (Å²) >= 11 is 0. The van der Waals surface area contributed by atoms with Gasteiger partial charge in [0, 0.05) is 0 Å². The summed E-state index contributed by atoms with van der Waals surface area (Å²) in [6.45, 7) is 1.95. The Balaban J connectivity index is 2.06. The second kappa shape index (κ2) is 8.62. The van der Waals surface area contributed by atoms with Crippen molar-refractivity contribution in [2.75, 3.05) is 13.2 Å². The van der Waals surface area contributed by atoms with Gasteiger partial charge in [0.25, 0.3) is 0 Å². The van der Waals surface area contributed by atoms with Crippen LogP contribution in [0.25, 0.3) is 0 Å². The fraction of sp³-hybridized carbons (Fsp3) is 0.938. The van der Waals surface area contributed by atoms with Crippen molar-refractivity contribution in [2.24, 2.45) is 5.41 Å². The lowest BCUT2D eigenvalue weighted by Gasteiger charge is -2.45. The van der Waals surface area contributed by atoms with Crippen LogP contribution >= 0.6 is 0 Å². The van der Waals surface area contributed by atoms with Crippen molar-refractivity contribution in [3.05, 3.63) is 0 Å². The molecule has 0 saturated carbocycles. The highest BCUT2D eigenvalue weighted by atomic mass is 16.7. The number of aliphatic hydroxyl groups is 7. The van der Waals surface area contributed by atoms with Crippen molar-refractivity contribution < 1.29 is 50.0 Å². The molecular formula is C16H27NO10. The molecule has 0 aromatic rings. The SMILES string of the molecule is CC(C)(C#N)C1OC(COC2OC(CO)C(O)C(O)C2O)C(O)C(O)C1O. The molecule has 2 aliphatic rings. The summed E-state index contributed by atoms with van der Waals surface area (Å²) in [5, 5.41) is 78.1. The third-order valence-corrected chi connectivity index (χ3v) is 4.98. The van der Waals surface area contributed by atoms with Crippen LogP contribution in [-0.2, 0) is 14.2 Å². The average molecular weight is 393 g/mol. The Hall–Kier alpha value is -0.910. The van der Waals surface area contributed by atoms with Crippen molar-refractivity contribution in [2.45, 2.75) is 75.1 Å². The number of nitriles is 1. The third-order valence-electron chi connectivity index (χ3n) is 4.98. The fourth-order valence-corrected chi connectivity index (χ4v) is 3.14. The van der Waals surface area contributed by atoms with Crippen molar-refractivity contribution >= 4 is 0 Å². The molecule has 11 heteroatoms. The fourth-order valence-electron chi connectivity index (χ4n) is 3.14. The highest BCUT2D eigenvalue weighted by molar-refractivity contribution is 5.06. The predicted molar refractivity (Wildman–Crippen MR) is 85.8 cm³/mol. The smallest absolute Gasteiger partial charge is 0.186 e. The maximum atomic E-state index is 10.1. The first-order valence-corrected chi connectivity index (χ1v) is 8.58. The van der Waals surface area contributed by atoms with Gasteiger partial charge in [-0.25, -0.2) is 0 Å². The van der Waals surface area contributed by atoms with Crippen LogP contribution in [-0.4, -0.2) is 110 Å². The summed E-state index contributed by atoms with van der Waals surface area (Å²) < 4.78 is 16.1. The van der Waals surface area contributed by atoms with Crippen molar-refractivity contribution in [3.63, 3.8) is 0 Å². The Morgan fingerprint density at radius 2 is 1.41 bits per heavy atom. The number of aliphatic hydroxyl groups excluding tert-OH is 7. The number of hydrogen-bond donors (Lipinski definition) is 7. The molecule has 11 nitrogen and oxygen atoms in total. The van der Waals surface area contributed by atoms with E-state index in [1.807, 2.05) is 6.07 Å². The molecule has 10 atom stereocenters. The molecule has 156 valence electrons. The number of hydrogen-bond acceptors (Lipinski definition) is 11. The Kier molecular flexibility index (Phi) is 7.15. The van der Waals surface area contributed by atoms with Crippen LogP contribution in [0, 0.1) is 16.7 Å². The molecule has 2 fully saturated rings. The molecule has 0 radical (unpaired) electrons. The van der Waals surface area contributed by atoms with Gasteiger partial charge in [0.15, 0.2) is 6.29 Å². The van der Waals surface area contributed by atoms with Gasteiger partial charge in [-0.1, -0.05) is 0 Å². The predicted octanol–water partition coefficient (Wildman–Crippen LogP) is -3.80. The van der Waals surface area contributed by atoms with Crippen LogP contribution in [0.4, 0.5) is 0 Å². The summed E-state index contributed by atoms with van der Waals surface area (Å²) in [5.41, 5.74) is -1.18.